The highest BCUT2D eigenvalue weighted by Gasteiger charge is 2.11. The van der Waals surface area contributed by atoms with Crippen LogP contribution >= 0.6 is 11.6 Å². The van der Waals surface area contributed by atoms with Crippen molar-refractivity contribution in [2.24, 2.45) is 0 Å². The second kappa shape index (κ2) is 5.71. The van der Waals surface area contributed by atoms with Gasteiger partial charge in [0.05, 0.1) is 5.02 Å². The van der Waals surface area contributed by atoms with Gasteiger partial charge in [0.25, 0.3) is 11.5 Å². The van der Waals surface area contributed by atoms with Gasteiger partial charge in [-0.3, -0.25) is 14.4 Å². The van der Waals surface area contributed by atoms with E-state index in [9.17, 15) is 14.4 Å². The number of hydrogen-bond acceptors (Lipinski definition) is 3. The predicted molar refractivity (Wildman–Crippen MR) is 76.5 cm³/mol. The summed E-state index contributed by atoms with van der Waals surface area (Å²) in [7, 11) is 0. The average Bonchev–Trinajstić information content (AvgIpc) is 2.42. The number of halogens is 1. The Hall–Kier alpha value is -2.40. The van der Waals surface area contributed by atoms with E-state index in [0.717, 1.165) is 0 Å². The largest absolute Gasteiger partial charge is 0.327 e. The van der Waals surface area contributed by atoms with E-state index in [1.165, 1.54) is 19.2 Å². The Bertz CT molecular complexity index is 720. The SMILES string of the molecule is CC(=O)c1ccc(NC(=O)c2cc(Cl)c[nH]c2=O)cc1. The van der Waals surface area contributed by atoms with Gasteiger partial charge in [0.2, 0.25) is 0 Å². The molecule has 0 bridgehead atoms. The topological polar surface area (TPSA) is 79.0 Å². The van der Waals surface area contributed by atoms with Gasteiger partial charge in [-0.15, -0.1) is 0 Å². The molecule has 0 aliphatic heterocycles. The number of Topliss-reactive ketones (excluding diaryl/α,β-unsaturated/α-hetero) is 1. The number of anilines is 1. The van der Waals surface area contributed by atoms with Gasteiger partial charge in [0.1, 0.15) is 5.56 Å². The molecule has 1 aromatic heterocycles. The standard InChI is InChI=1S/C14H11ClN2O3/c1-8(18)9-2-4-11(5-3-9)17-14(20)12-6-10(15)7-16-13(12)19/h2-7H,1H3,(H,16,19)(H,17,20). The average molecular weight is 291 g/mol. The third kappa shape index (κ3) is 3.13. The second-order valence-electron chi connectivity index (χ2n) is 4.15. The molecule has 1 aromatic carbocycles. The highest BCUT2D eigenvalue weighted by Crippen LogP contribution is 2.12. The van der Waals surface area contributed by atoms with Crippen LogP contribution in [0.15, 0.2) is 41.3 Å². The summed E-state index contributed by atoms with van der Waals surface area (Å²) in [5.74, 6) is -0.626. The van der Waals surface area contributed by atoms with Crippen molar-refractivity contribution in [3.63, 3.8) is 0 Å². The first-order valence-electron chi connectivity index (χ1n) is 5.78. The van der Waals surface area contributed by atoms with Crippen molar-refractivity contribution < 1.29 is 9.59 Å². The molecule has 102 valence electrons. The van der Waals surface area contributed by atoms with E-state index in [1.54, 1.807) is 24.3 Å². The summed E-state index contributed by atoms with van der Waals surface area (Å²) in [4.78, 5) is 37.0. The molecule has 0 atom stereocenters. The minimum atomic E-state index is -0.565. The molecule has 0 aliphatic carbocycles. The van der Waals surface area contributed by atoms with E-state index in [-0.39, 0.29) is 16.4 Å². The summed E-state index contributed by atoms with van der Waals surface area (Å²) in [5, 5.41) is 2.83. The highest BCUT2D eigenvalue weighted by atomic mass is 35.5. The lowest BCUT2D eigenvalue weighted by Crippen LogP contribution is -2.22. The Balaban J connectivity index is 2.21. The molecule has 0 saturated carbocycles. The van der Waals surface area contributed by atoms with Gasteiger partial charge in [-0.25, -0.2) is 0 Å². The van der Waals surface area contributed by atoms with E-state index in [1.807, 2.05) is 0 Å². The van der Waals surface area contributed by atoms with Crippen LogP contribution in [-0.4, -0.2) is 16.7 Å². The molecule has 1 heterocycles. The lowest BCUT2D eigenvalue weighted by molar-refractivity contribution is 0.101. The number of nitrogens with one attached hydrogen (secondary N) is 2. The third-order valence-electron chi connectivity index (χ3n) is 2.66. The summed E-state index contributed by atoms with van der Waals surface area (Å²) >= 11 is 5.73. The summed E-state index contributed by atoms with van der Waals surface area (Å²) in [6.07, 6.45) is 1.31. The number of ketones is 1. The van der Waals surface area contributed by atoms with Crippen LogP contribution in [0.1, 0.15) is 27.6 Å². The normalized spacial score (nSPS) is 10.1. The molecule has 0 aliphatic rings. The van der Waals surface area contributed by atoms with Crippen molar-refractivity contribution in [2.75, 3.05) is 5.32 Å². The van der Waals surface area contributed by atoms with Crippen molar-refractivity contribution in [2.45, 2.75) is 6.92 Å². The fourth-order valence-electron chi connectivity index (χ4n) is 1.61. The van der Waals surface area contributed by atoms with Gasteiger partial charge in [-0.1, -0.05) is 11.6 Å². The summed E-state index contributed by atoms with van der Waals surface area (Å²) < 4.78 is 0. The van der Waals surface area contributed by atoms with Gasteiger partial charge in [0.15, 0.2) is 5.78 Å². The van der Waals surface area contributed by atoms with Crippen LogP contribution in [0.25, 0.3) is 0 Å². The number of benzene rings is 1. The van der Waals surface area contributed by atoms with Crippen LogP contribution in [0, 0.1) is 0 Å². The maximum atomic E-state index is 11.9. The Morgan fingerprint density at radius 3 is 2.45 bits per heavy atom. The zero-order valence-corrected chi connectivity index (χ0v) is 11.3. The van der Waals surface area contributed by atoms with Crippen molar-refractivity contribution in [3.05, 3.63) is 63.0 Å². The van der Waals surface area contributed by atoms with E-state index in [4.69, 9.17) is 11.6 Å². The van der Waals surface area contributed by atoms with Crippen molar-refractivity contribution >= 4 is 29.0 Å². The Morgan fingerprint density at radius 1 is 1.20 bits per heavy atom. The van der Waals surface area contributed by atoms with E-state index in [2.05, 4.69) is 10.3 Å². The third-order valence-corrected chi connectivity index (χ3v) is 2.88. The van der Waals surface area contributed by atoms with E-state index < -0.39 is 11.5 Å². The number of amides is 1. The fraction of sp³-hybridized carbons (Fsp3) is 0.0714. The zero-order valence-electron chi connectivity index (χ0n) is 10.6. The lowest BCUT2D eigenvalue weighted by Gasteiger charge is -2.05. The summed E-state index contributed by atoms with van der Waals surface area (Å²) in [6.45, 7) is 1.46. The van der Waals surface area contributed by atoms with Crippen LogP contribution in [0.5, 0.6) is 0 Å². The van der Waals surface area contributed by atoms with Crippen LogP contribution in [0.2, 0.25) is 5.02 Å². The van der Waals surface area contributed by atoms with E-state index in [0.29, 0.717) is 11.3 Å². The molecule has 0 radical (unpaired) electrons. The first-order valence-corrected chi connectivity index (χ1v) is 6.16. The Morgan fingerprint density at radius 2 is 1.85 bits per heavy atom. The van der Waals surface area contributed by atoms with E-state index >= 15 is 0 Å². The molecular weight excluding hydrogens is 280 g/mol. The Kier molecular flexibility index (Phi) is 4.00. The van der Waals surface area contributed by atoms with Crippen LogP contribution in [0.4, 0.5) is 5.69 Å². The van der Waals surface area contributed by atoms with Crippen molar-refractivity contribution in [1.82, 2.24) is 4.98 Å². The molecule has 2 aromatic rings. The predicted octanol–water partition coefficient (Wildman–Crippen LogP) is 2.48. The zero-order chi connectivity index (χ0) is 14.7. The van der Waals surface area contributed by atoms with Crippen LogP contribution in [-0.2, 0) is 0 Å². The van der Waals surface area contributed by atoms with Gasteiger partial charge < -0.3 is 10.3 Å². The van der Waals surface area contributed by atoms with Crippen molar-refractivity contribution in [1.29, 1.82) is 0 Å². The molecule has 0 unspecified atom stereocenters. The van der Waals surface area contributed by atoms with Gasteiger partial charge in [-0.05, 0) is 37.3 Å². The number of carbonyl (C=O) groups is 2. The Labute approximate surface area is 119 Å². The minimum Gasteiger partial charge on any atom is -0.327 e. The molecule has 2 rings (SSSR count). The lowest BCUT2D eigenvalue weighted by atomic mass is 10.1. The minimum absolute atomic E-state index is 0.0610. The molecule has 0 spiro atoms. The van der Waals surface area contributed by atoms with Crippen LogP contribution < -0.4 is 10.9 Å². The van der Waals surface area contributed by atoms with Crippen molar-refractivity contribution in [3.8, 4) is 0 Å². The molecule has 0 saturated heterocycles. The fourth-order valence-corrected chi connectivity index (χ4v) is 1.78. The smallest absolute Gasteiger partial charge is 0.261 e. The summed E-state index contributed by atoms with van der Waals surface area (Å²) in [6, 6.07) is 7.67. The number of rotatable bonds is 3. The quantitative estimate of drug-likeness (QED) is 0.852. The first-order chi connectivity index (χ1) is 9.47. The maximum Gasteiger partial charge on any atom is 0.261 e. The molecular formula is C14H11ClN2O3. The molecule has 20 heavy (non-hydrogen) atoms. The number of H-pyrrole nitrogens is 1. The van der Waals surface area contributed by atoms with Gasteiger partial charge in [-0.2, -0.15) is 0 Å². The molecule has 1 amide bonds. The number of carbonyl (C=O) groups excluding carboxylic acids is 2. The monoisotopic (exact) mass is 290 g/mol. The molecule has 5 nitrogen and oxygen atoms in total. The van der Waals surface area contributed by atoms with Crippen LogP contribution in [0.3, 0.4) is 0 Å². The second-order valence-corrected chi connectivity index (χ2v) is 4.58. The highest BCUT2D eigenvalue weighted by molar-refractivity contribution is 6.30. The molecule has 0 fully saturated rings. The number of aromatic amines is 1. The molecule has 6 heteroatoms. The number of aromatic nitrogens is 1. The maximum absolute atomic E-state index is 11.9. The van der Waals surface area contributed by atoms with Gasteiger partial charge in [0, 0.05) is 17.4 Å². The number of pyridine rings is 1. The first kappa shape index (κ1) is 14.0. The molecule has 2 N–H and O–H groups in total. The van der Waals surface area contributed by atoms with Gasteiger partial charge >= 0.3 is 0 Å². The number of hydrogen-bond donors (Lipinski definition) is 2. The summed E-state index contributed by atoms with van der Waals surface area (Å²) in [5.41, 5.74) is 0.434.